The van der Waals surface area contributed by atoms with Gasteiger partial charge < -0.3 is 10.1 Å². The molecule has 0 radical (unpaired) electrons. The summed E-state index contributed by atoms with van der Waals surface area (Å²) in [5.74, 6) is -0.456. The van der Waals surface area contributed by atoms with E-state index in [0.717, 1.165) is 19.3 Å². The van der Waals surface area contributed by atoms with E-state index in [4.69, 9.17) is 27.9 Å². The number of halogens is 2. The van der Waals surface area contributed by atoms with Gasteiger partial charge in [0.1, 0.15) is 10.1 Å². The van der Waals surface area contributed by atoms with Gasteiger partial charge >= 0.3 is 0 Å². The van der Waals surface area contributed by atoms with Gasteiger partial charge in [-0.15, -0.1) is 23.2 Å². The van der Waals surface area contributed by atoms with Crippen molar-refractivity contribution in [2.24, 2.45) is 5.92 Å². The first-order valence-electron chi connectivity index (χ1n) is 9.11. The number of piperidine rings is 1. The van der Waals surface area contributed by atoms with Crippen molar-refractivity contribution in [2.75, 3.05) is 18.4 Å². The topological polar surface area (TPSA) is 75.7 Å². The van der Waals surface area contributed by atoms with Gasteiger partial charge in [-0.3, -0.25) is 4.79 Å². The van der Waals surface area contributed by atoms with E-state index in [1.165, 1.54) is 16.4 Å². The van der Waals surface area contributed by atoms with Crippen LogP contribution in [-0.4, -0.2) is 42.2 Å². The number of benzene rings is 1. The average molecular weight is 435 g/mol. The summed E-state index contributed by atoms with van der Waals surface area (Å²) in [7, 11) is -3.62. The molecule has 1 aromatic carbocycles. The minimum atomic E-state index is -3.62. The van der Waals surface area contributed by atoms with Gasteiger partial charge in [-0.25, -0.2) is 8.42 Å². The number of ether oxygens (including phenoxy) is 1. The molecule has 2 fully saturated rings. The lowest BCUT2D eigenvalue weighted by Gasteiger charge is -2.26. The molecule has 1 unspecified atom stereocenters. The molecular weight excluding hydrogens is 411 g/mol. The summed E-state index contributed by atoms with van der Waals surface area (Å²) in [6.45, 7) is 4.73. The van der Waals surface area contributed by atoms with Crippen molar-refractivity contribution in [3.63, 3.8) is 0 Å². The summed E-state index contributed by atoms with van der Waals surface area (Å²) in [4.78, 5) is 12.5. The van der Waals surface area contributed by atoms with Crippen LogP contribution in [-0.2, 0) is 14.8 Å². The molecule has 3 rings (SSSR count). The Labute approximate surface area is 170 Å². The van der Waals surface area contributed by atoms with Crippen LogP contribution in [0, 0.1) is 5.92 Å². The minimum Gasteiger partial charge on any atom is -0.489 e. The largest absolute Gasteiger partial charge is 0.489 e. The zero-order chi connectivity index (χ0) is 19.8. The fourth-order valence-corrected chi connectivity index (χ4v) is 5.15. The summed E-state index contributed by atoms with van der Waals surface area (Å²) in [5, 5.41) is 2.73. The number of hydrogen-bond donors (Lipinski definition) is 1. The first-order valence-corrected chi connectivity index (χ1v) is 11.3. The number of nitrogens with one attached hydrogen (secondary N) is 1. The Kier molecular flexibility index (Phi) is 5.96. The van der Waals surface area contributed by atoms with Crippen molar-refractivity contribution >= 4 is 44.8 Å². The van der Waals surface area contributed by atoms with Gasteiger partial charge in [0.15, 0.2) is 0 Å². The fraction of sp³-hybridized carbons (Fsp3) is 0.611. The monoisotopic (exact) mass is 434 g/mol. The Balaban J connectivity index is 1.89. The lowest BCUT2D eigenvalue weighted by Crippen LogP contribution is -2.35. The lowest BCUT2D eigenvalue weighted by atomic mass is 10.2. The lowest BCUT2D eigenvalue weighted by molar-refractivity contribution is -0.117. The van der Waals surface area contributed by atoms with E-state index < -0.39 is 20.3 Å². The molecule has 1 aliphatic heterocycles. The van der Waals surface area contributed by atoms with E-state index in [2.05, 4.69) is 5.32 Å². The van der Waals surface area contributed by atoms with Crippen LogP contribution in [0.15, 0.2) is 23.1 Å². The summed E-state index contributed by atoms with van der Waals surface area (Å²) < 4.78 is 32.0. The van der Waals surface area contributed by atoms with Crippen molar-refractivity contribution in [1.29, 1.82) is 0 Å². The third-order valence-electron chi connectivity index (χ3n) is 4.67. The van der Waals surface area contributed by atoms with Crippen molar-refractivity contribution in [2.45, 2.75) is 54.9 Å². The number of alkyl halides is 2. The Morgan fingerprint density at radius 3 is 2.44 bits per heavy atom. The Bertz CT molecular complexity index is 821. The molecule has 1 saturated heterocycles. The van der Waals surface area contributed by atoms with Crippen LogP contribution in [0.3, 0.4) is 0 Å². The quantitative estimate of drug-likeness (QED) is 0.691. The number of rotatable bonds is 6. The summed E-state index contributed by atoms with van der Waals surface area (Å²) in [6, 6.07) is 4.54. The highest BCUT2D eigenvalue weighted by Gasteiger charge is 2.56. The molecule has 6 nitrogen and oxygen atoms in total. The number of anilines is 1. The summed E-state index contributed by atoms with van der Waals surface area (Å²) >= 11 is 11.9. The van der Waals surface area contributed by atoms with Gasteiger partial charge in [0, 0.05) is 13.1 Å². The van der Waals surface area contributed by atoms with E-state index in [1.54, 1.807) is 6.07 Å². The van der Waals surface area contributed by atoms with Crippen LogP contribution in [0.5, 0.6) is 5.75 Å². The van der Waals surface area contributed by atoms with Crippen LogP contribution >= 0.6 is 23.2 Å². The van der Waals surface area contributed by atoms with E-state index in [0.29, 0.717) is 30.9 Å². The van der Waals surface area contributed by atoms with Gasteiger partial charge in [0.2, 0.25) is 15.9 Å². The minimum absolute atomic E-state index is 0.133. The molecule has 1 atom stereocenters. The third-order valence-corrected chi connectivity index (χ3v) is 7.40. The summed E-state index contributed by atoms with van der Waals surface area (Å²) in [6.07, 6.45) is 2.98. The Hall–Kier alpha value is -1.02. The van der Waals surface area contributed by atoms with Crippen molar-refractivity contribution in [1.82, 2.24) is 4.31 Å². The van der Waals surface area contributed by atoms with Gasteiger partial charge in [0.25, 0.3) is 0 Å². The smallest absolute Gasteiger partial charge is 0.243 e. The fourth-order valence-electron chi connectivity index (χ4n) is 3.10. The Morgan fingerprint density at radius 1 is 1.26 bits per heavy atom. The van der Waals surface area contributed by atoms with E-state index in [1.807, 2.05) is 13.8 Å². The van der Waals surface area contributed by atoms with Crippen LogP contribution in [0.4, 0.5) is 5.69 Å². The highest BCUT2D eigenvalue weighted by Crippen LogP contribution is 2.53. The maximum Gasteiger partial charge on any atom is 0.243 e. The third kappa shape index (κ3) is 4.70. The zero-order valence-corrected chi connectivity index (χ0v) is 17.7. The van der Waals surface area contributed by atoms with Gasteiger partial charge in [0.05, 0.1) is 22.6 Å². The standard InChI is InChI=1S/C18H24Cl2N2O4S/c1-12(2)26-16-7-6-13(27(24,25)22-8-4-3-5-9-22)10-15(16)21-17(23)14-11-18(14,19)20/h6-7,10,12,14H,3-5,8-9,11H2,1-2H3,(H,21,23). The van der Waals surface area contributed by atoms with Crippen molar-refractivity contribution < 1.29 is 17.9 Å². The van der Waals surface area contributed by atoms with Crippen LogP contribution in [0.25, 0.3) is 0 Å². The highest BCUT2D eigenvalue weighted by molar-refractivity contribution is 7.89. The first-order chi connectivity index (χ1) is 12.6. The molecule has 9 heteroatoms. The molecule has 1 amide bonds. The second-order valence-electron chi connectivity index (χ2n) is 7.30. The number of nitrogens with zero attached hydrogens (tertiary/aromatic N) is 1. The first kappa shape index (κ1) is 20.7. The predicted molar refractivity (Wildman–Crippen MR) is 106 cm³/mol. The molecule has 0 spiro atoms. The van der Waals surface area contributed by atoms with Crippen molar-refractivity contribution in [3.05, 3.63) is 18.2 Å². The molecular formula is C18H24Cl2N2O4S. The van der Waals surface area contributed by atoms with E-state index >= 15 is 0 Å². The predicted octanol–water partition coefficient (Wildman–Crippen LogP) is 3.78. The molecule has 1 N–H and O–H groups in total. The highest BCUT2D eigenvalue weighted by atomic mass is 35.5. The SMILES string of the molecule is CC(C)Oc1ccc(S(=O)(=O)N2CCCCC2)cc1NC(=O)C1CC1(Cl)Cl. The average Bonchev–Trinajstić information content (AvgIpc) is 3.25. The zero-order valence-electron chi connectivity index (χ0n) is 15.4. The van der Waals surface area contributed by atoms with Gasteiger partial charge in [-0.2, -0.15) is 4.31 Å². The van der Waals surface area contributed by atoms with Crippen molar-refractivity contribution in [3.8, 4) is 5.75 Å². The van der Waals surface area contributed by atoms with E-state index in [9.17, 15) is 13.2 Å². The van der Waals surface area contributed by atoms with Gasteiger partial charge in [-0.05, 0) is 51.3 Å². The molecule has 0 aromatic heterocycles. The molecule has 150 valence electrons. The van der Waals surface area contributed by atoms with Crippen LogP contribution in [0.2, 0.25) is 0 Å². The molecule has 2 aliphatic rings. The Morgan fingerprint density at radius 2 is 1.89 bits per heavy atom. The molecule has 1 heterocycles. The number of sulfonamides is 1. The molecule has 27 heavy (non-hydrogen) atoms. The molecule has 1 aliphatic carbocycles. The maximum atomic E-state index is 12.9. The number of amides is 1. The number of carbonyl (C=O) groups excluding carboxylic acids is 1. The number of carbonyl (C=O) groups is 1. The molecule has 1 saturated carbocycles. The van der Waals surface area contributed by atoms with E-state index in [-0.39, 0.29) is 16.9 Å². The maximum absolute atomic E-state index is 12.9. The summed E-state index contributed by atoms with van der Waals surface area (Å²) in [5.41, 5.74) is 0.308. The number of hydrogen-bond acceptors (Lipinski definition) is 4. The van der Waals surface area contributed by atoms with Gasteiger partial charge in [-0.1, -0.05) is 6.42 Å². The second-order valence-corrected chi connectivity index (χ2v) is 10.8. The molecule has 1 aromatic rings. The normalized spacial score (nSPS) is 22.5. The van der Waals surface area contributed by atoms with Crippen LogP contribution in [0.1, 0.15) is 39.5 Å². The second kappa shape index (κ2) is 7.78. The molecule has 0 bridgehead atoms. The van der Waals surface area contributed by atoms with Crippen LogP contribution < -0.4 is 10.1 Å².